The Balaban J connectivity index is 2.23. The van der Waals surface area contributed by atoms with Crippen molar-refractivity contribution in [2.75, 3.05) is 6.61 Å². The second-order valence-corrected chi connectivity index (χ2v) is 4.96. The van der Waals surface area contributed by atoms with Gasteiger partial charge in [-0.2, -0.15) is 4.39 Å². The summed E-state index contributed by atoms with van der Waals surface area (Å²) in [5.41, 5.74) is -2.01. The molecule has 0 aromatic carbocycles. The smallest absolute Gasteiger partial charge is 0.330 e. The summed E-state index contributed by atoms with van der Waals surface area (Å²) in [6, 6.07) is 0. The number of hydrogen-bond donors (Lipinski definition) is 1. The van der Waals surface area contributed by atoms with Crippen LogP contribution in [0.25, 0.3) is 0 Å². The van der Waals surface area contributed by atoms with Crippen LogP contribution in [0.15, 0.2) is 15.8 Å². The molecular formula is C13H15FN2O7. The lowest BCUT2D eigenvalue weighted by molar-refractivity contribution is -0.155. The van der Waals surface area contributed by atoms with E-state index in [1.165, 1.54) is 13.8 Å². The molecule has 23 heavy (non-hydrogen) atoms. The molecule has 0 bridgehead atoms. The number of H-pyrrole nitrogens is 1. The Morgan fingerprint density at radius 3 is 2.70 bits per heavy atom. The Bertz CT molecular complexity index is 726. The fraction of sp³-hybridized carbons (Fsp3) is 0.538. The molecule has 0 spiro atoms. The van der Waals surface area contributed by atoms with Gasteiger partial charge in [0.05, 0.1) is 6.20 Å². The fourth-order valence-electron chi connectivity index (χ4n) is 2.23. The minimum atomic E-state index is -1.15. The molecule has 1 aliphatic heterocycles. The maximum Gasteiger partial charge on any atom is 0.330 e. The van der Waals surface area contributed by atoms with Crippen LogP contribution in [0, 0.1) is 5.82 Å². The van der Waals surface area contributed by atoms with Gasteiger partial charge in [0.1, 0.15) is 25.0 Å². The molecule has 0 aliphatic carbocycles. The first-order chi connectivity index (χ1) is 10.8. The zero-order valence-electron chi connectivity index (χ0n) is 12.4. The Labute approximate surface area is 129 Å². The molecule has 3 atom stereocenters. The fourth-order valence-corrected chi connectivity index (χ4v) is 2.23. The van der Waals surface area contributed by atoms with Gasteiger partial charge in [0.15, 0.2) is 0 Å². The van der Waals surface area contributed by atoms with E-state index in [1.807, 2.05) is 4.98 Å². The van der Waals surface area contributed by atoms with Gasteiger partial charge in [0.2, 0.25) is 5.82 Å². The van der Waals surface area contributed by atoms with E-state index in [0.717, 1.165) is 4.57 Å². The third-order valence-electron chi connectivity index (χ3n) is 3.18. The van der Waals surface area contributed by atoms with Crippen molar-refractivity contribution in [2.45, 2.75) is 38.7 Å². The normalized spacial score (nSPS) is 23.5. The van der Waals surface area contributed by atoms with Crippen molar-refractivity contribution in [2.24, 2.45) is 0 Å². The van der Waals surface area contributed by atoms with E-state index in [4.69, 9.17) is 14.2 Å². The molecule has 1 aromatic rings. The summed E-state index contributed by atoms with van der Waals surface area (Å²) in [6.45, 7) is 2.21. The number of rotatable bonds is 4. The molecule has 1 fully saturated rings. The van der Waals surface area contributed by atoms with Crippen molar-refractivity contribution in [1.29, 1.82) is 0 Å². The molecule has 1 N–H and O–H groups in total. The second kappa shape index (κ2) is 6.73. The maximum absolute atomic E-state index is 13.4. The summed E-state index contributed by atoms with van der Waals surface area (Å²) in [6.07, 6.45) is -1.81. The topological polar surface area (TPSA) is 117 Å². The summed E-state index contributed by atoms with van der Waals surface area (Å²) in [5.74, 6) is -2.28. The number of nitrogens with one attached hydrogen (secondary N) is 1. The molecule has 126 valence electrons. The molecule has 10 heteroatoms. The predicted octanol–water partition coefficient (Wildman–Crippen LogP) is -0.542. The number of hydrogen-bond acceptors (Lipinski definition) is 7. The molecule has 0 amide bonds. The Morgan fingerprint density at radius 2 is 2.09 bits per heavy atom. The molecule has 1 saturated heterocycles. The molecule has 0 radical (unpaired) electrons. The van der Waals surface area contributed by atoms with E-state index in [2.05, 4.69) is 0 Å². The van der Waals surface area contributed by atoms with E-state index in [1.54, 1.807) is 0 Å². The highest BCUT2D eigenvalue weighted by Gasteiger charge is 2.39. The minimum Gasteiger partial charge on any atom is -0.463 e. The van der Waals surface area contributed by atoms with Crippen LogP contribution in [-0.4, -0.2) is 40.3 Å². The van der Waals surface area contributed by atoms with Crippen molar-refractivity contribution in [1.82, 2.24) is 9.55 Å². The molecule has 2 heterocycles. The summed E-state index contributed by atoms with van der Waals surface area (Å²) in [5, 5.41) is 0. The highest BCUT2D eigenvalue weighted by Crippen LogP contribution is 2.30. The molecular weight excluding hydrogens is 315 g/mol. The number of carbonyl (C=O) groups is 2. The van der Waals surface area contributed by atoms with Crippen molar-refractivity contribution < 1.29 is 28.2 Å². The third kappa shape index (κ3) is 4.03. The van der Waals surface area contributed by atoms with Crippen LogP contribution in [0.5, 0.6) is 0 Å². The summed E-state index contributed by atoms with van der Waals surface area (Å²) < 4.78 is 29.6. The van der Waals surface area contributed by atoms with Crippen LogP contribution in [0.2, 0.25) is 0 Å². The number of nitrogens with zero attached hydrogens (tertiary/aromatic N) is 1. The van der Waals surface area contributed by atoms with Crippen molar-refractivity contribution >= 4 is 11.9 Å². The van der Waals surface area contributed by atoms with Gasteiger partial charge in [-0.1, -0.05) is 0 Å². The number of esters is 2. The standard InChI is InChI=1S/C13H15FN2O7/c1-6(17)21-5-10-9(22-7(2)18)3-11(23-10)16-4-8(14)12(19)15-13(16)20/h4,9-11H,3,5H2,1-2H3,(H,15,19,20)/t9-,10-,11-/m1/s1. The number of ether oxygens (including phenoxy) is 3. The highest BCUT2D eigenvalue weighted by molar-refractivity contribution is 5.66. The first-order valence-corrected chi connectivity index (χ1v) is 6.75. The highest BCUT2D eigenvalue weighted by atomic mass is 19.1. The summed E-state index contributed by atoms with van der Waals surface area (Å²) >= 11 is 0. The van der Waals surface area contributed by atoms with Gasteiger partial charge >= 0.3 is 17.6 Å². The first kappa shape index (κ1) is 16.9. The van der Waals surface area contributed by atoms with Crippen molar-refractivity contribution in [3.8, 4) is 0 Å². The summed E-state index contributed by atoms with van der Waals surface area (Å²) in [7, 11) is 0. The zero-order valence-corrected chi connectivity index (χ0v) is 12.4. The van der Waals surface area contributed by atoms with Crippen LogP contribution < -0.4 is 11.2 Å². The van der Waals surface area contributed by atoms with Crippen LogP contribution in [0.4, 0.5) is 4.39 Å². The number of carbonyl (C=O) groups excluding carboxylic acids is 2. The Hall–Kier alpha value is -2.49. The lowest BCUT2D eigenvalue weighted by Gasteiger charge is -2.17. The largest absolute Gasteiger partial charge is 0.463 e. The van der Waals surface area contributed by atoms with Gasteiger partial charge in [0.25, 0.3) is 5.56 Å². The Morgan fingerprint density at radius 1 is 1.39 bits per heavy atom. The Kier molecular flexibility index (Phi) is 4.94. The lowest BCUT2D eigenvalue weighted by atomic mass is 10.2. The SMILES string of the molecule is CC(=O)OC[C@H]1O[C@@H](n2cc(F)c(=O)[nH]c2=O)C[C@H]1OC(C)=O. The van der Waals surface area contributed by atoms with E-state index < -0.39 is 47.4 Å². The molecule has 1 aromatic heterocycles. The molecule has 0 saturated carbocycles. The first-order valence-electron chi connectivity index (χ1n) is 6.75. The summed E-state index contributed by atoms with van der Waals surface area (Å²) in [4.78, 5) is 46.6. The van der Waals surface area contributed by atoms with Crippen molar-refractivity contribution in [3.63, 3.8) is 0 Å². The third-order valence-corrected chi connectivity index (χ3v) is 3.18. The van der Waals surface area contributed by atoms with E-state index >= 15 is 0 Å². The maximum atomic E-state index is 13.4. The van der Waals surface area contributed by atoms with E-state index in [0.29, 0.717) is 6.20 Å². The average molecular weight is 330 g/mol. The minimum absolute atomic E-state index is 0.0386. The molecule has 2 rings (SSSR count). The second-order valence-electron chi connectivity index (χ2n) is 4.96. The van der Waals surface area contributed by atoms with Gasteiger partial charge in [-0.3, -0.25) is 23.9 Å². The van der Waals surface area contributed by atoms with Gasteiger partial charge in [-0.05, 0) is 0 Å². The number of aromatic amines is 1. The van der Waals surface area contributed by atoms with Gasteiger partial charge in [-0.25, -0.2) is 4.79 Å². The van der Waals surface area contributed by atoms with Crippen LogP contribution in [0.1, 0.15) is 26.5 Å². The van der Waals surface area contributed by atoms with Gasteiger partial charge in [0, 0.05) is 20.3 Å². The molecule has 9 nitrogen and oxygen atoms in total. The number of aromatic nitrogens is 2. The lowest BCUT2D eigenvalue weighted by Crippen LogP contribution is -2.34. The van der Waals surface area contributed by atoms with Crippen LogP contribution in [0.3, 0.4) is 0 Å². The van der Waals surface area contributed by atoms with E-state index in [-0.39, 0.29) is 13.0 Å². The van der Waals surface area contributed by atoms with Crippen molar-refractivity contribution in [3.05, 3.63) is 32.9 Å². The van der Waals surface area contributed by atoms with E-state index in [9.17, 15) is 23.6 Å². The number of halogens is 1. The van der Waals surface area contributed by atoms with Crippen LogP contribution in [-0.2, 0) is 23.8 Å². The quantitative estimate of drug-likeness (QED) is 0.737. The monoisotopic (exact) mass is 330 g/mol. The van der Waals surface area contributed by atoms with Crippen LogP contribution >= 0.6 is 0 Å². The van der Waals surface area contributed by atoms with Gasteiger partial charge < -0.3 is 14.2 Å². The predicted molar refractivity (Wildman–Crippen MR) is 72.0 cm³/mol. The van der Waals surface area contributed by atoms with Gasteiger partial charge in [-0.15, -0.1) is 0 Å². The molecule has 0 unspecified atom stereocenters. The average Bonchev–Trinajstić information content (AvgIpc) is 2.82. The molecule has 1 aliphatic rings. The zero-order chi connectivity index (χ0) is 17.1.